The van der Waals surface area contributed by atoms with E-state index in [1.165, 1.54) is 18.2 Å². The van der Waals surface area contributed by atoms with Gasteiger partial charge in [0.05, 0.1) is 13.2 Å². The van der Waals surface area contributed by atoms with Crippen molar-refractivity contribution in [2.24, 2.45) is 0 Å². The number of ether oxygens (including phenoxy) is 1. The summed E-state index contributed by atoms with van der Waals surface area (Å²) < 4.78 is 18.1. The fraction of sp³-hybridized carbons (Fsp3) is 0.400. The lowest BCUT2D eigenvalue weighted by atomic mass is 10.2. The third kappa shape index (κ3) is 3.62. The SMILES string of the molecule is CNCCOCc1cc(F)ccc1Cl. The summed E-state index contributed by atoms with van der Waals surface area (Å²) in [7, 11) is 1.85. The van der Waals surface area contributed by atoms with E-state index in [9.17, 15) is 4.39 Å². The minimum Gasteiger partial charge on any atom is -0.375 e. The van der Waals surface area contributed by atoms with Gasteiger partial charge < -0.3 is 10.1 Å². The molecular formula is C10H13ClFNO. The Morgan fingerprint density at radius 1 is 1.50 bits per heavy atom. The zero-order valence-corrected chi connectivity index (χ0v) is 8.77. The third-order valence-electron chi connectivity index (χ3n) is 1.76. The minimum absolute atomic E-state index is 0.290. The standard InChI is InChI=1S/C10H13ClFNO/c1-13-4-5-14-7-8-6-9(12)2-3-10(8)11/h2-3,6,13H,4-5,7H2,1H3. The Kier molecular flexibility index (Phi) is 4.87. The van der Waals surface area contributed by atoms with Crippen molar-refractivity contribution >= 4 is 11.6 Å². The van der Waals surface area contributed by atoms with Crippen molar-refractivity contribution in [3.05, 3.63) is 34.6 Å². The summed E-state index contributed by atoms with van der Waals surface area (Å²) in [5.74, 6) is -0.290. The largest absolute Gasteiger partial charge is 0.375 e. The second-order valence-corrected chi connectivity index (χ2v) is 3.30. The van der Waals surface area contributed by atoms with Gasteiger partial charge in [-0.2, -0.15) is 0 Å². The van der Waals surface area contributed by atoms with Crippen LogP contribution in [0.5, 0.6) is 0 Å². The highest BCUT2D eigenvalue weighted by molar-refractivity contribution is 6.31. The molecule has 4 heteroatoms. The molecule has 78 valence electrons. The van der Waals surface area contributed by atoms with Gasteiger partial charge in [-0.1, -0.05) is 11.6 Å². The molecule has 0 bridgehead atoms. The van der Waals surface area contributed by atoms with Gasteiger partial charge in [0, 0.05) is 11.6 Å². The topological polar surface area (TPSA) is 21.3 Å². The van der Waals surface area contributed by atoms with Gasteiger partial charge >= 0.3 is 0 Å². The lowest BCUT2D eigenvalue weighted by Crippen LogP contribution is -2.14. The molecule has 0 saturated heterocycles. The van der Waals surface area contributed by atoms with Crippen LogP contribution in [0.3, 0.4) is 0 Å². The molecule has 0 radical (unpaired) electrons. The smallest absolute Gasteiger partial charge is 0.123 e. The van der Waals surface area contributed by atoms with Crippen LogP contribution in [0, 0.1) is 5.82 Å². The molecule has 1 rings (SSSR count). The van der Waals surface area contributed by atoms with E-state index in [0.717, 1.165) is 6.54 Å². The number of rotatable bonds is 5. The van der Waals surface area contributed by atoms with E-state index >= 15 is 0 Å². The highest BCUT2D eigenvalue weighted by Gasteiger charge is 2.01. The molecule has 0 aliphatic heterocycles. The lowest BCUT2D eigenvalue weighted by molar-refractivity contribution is 0.124. The van der Waals surface area contributed by atoms with Crippen molar-refractivity contribution in [3.63, 3.8) is 0 Å². The summed E-state index contributed by atoms with van der Waals surface area (Å²) in [6.45, 7) is 1.70. The first kappa shape index (κ1) is 11.4. The zero-order chi connectivity index (χ0) is 10.4. The van der Waals surface area contributed by atoms with Gasteiger partial charge in [-0.25, -0.2) is 4.39 Å². The van der Waals surface area contributed by atoms with E-state index < -0.39 is 0 Å². The number of hydrogen-bond donors (Lipinski definition) is 1. The maximum absolute atomic E-state index is 12.8. The van der Waals surface area contributed by atoms with E-state index in [4.69, 9.17) is 16.3 Å². The van der Waals surface area contributed by atoms with E-state index in [-0.39, 0.29) is 5.82 Å². The predicted molar refractivity (Wildman–Crippen MR) is 55.0 cm³/mol. The van der Waals surface area contributed by atoms with Crippen molar-refractivity contribution in [2.75, 3.05) is 20.2 Å². The highest BCUT2D eigenvalue weighted by Crippen LogP contribution is 2.17. The molecule has 0 aliphatic carbocycles. The highest BCUT2D eigenvalue weighted by atomic mass is 35.5. The molecule has 0 atom stereocenters. The van der Waals surface area contributed by atoms with Gasteiger partial charge in [-0.05, 0) is 30.8 Å². The number of nitrogens with one attached hydrogen (secondary N) is 1. The summed E-state index contributed by atoms with van der Waals surface area (Å²) in [5, 5.41) is 3.49. The molecular weight excluding hydrogens is 205 g/mol. The monoisotopic (exact) mass is 217 g/mol. The van der Waals surface area contributed by atoms with Crippen LogP contribution in [0.25, 0.3) is 0 Å². The normalized spacial score (nSPS) is 10.5. The van der Waals surface area contributed by atoms with E-state index in [1.54, 1.807) is 0 Å². The maximum Gasteiger partial charge on any atom is 0.123 e. The molecule has 0 heterocycles. The first-order valence-electron chi connectivity index (χ1n) is 4.40. The first-order valence-corrected chi connectivity index (χ1v) is 4.78. The lowest BCUT2D eigenvalue weighted by Gasteiger charge is -2.05. The molecule has 0 aliphatic rings. The molecule has 0 fully saturated rings. The van der Waals surface area contributed by atoms with Crippen LogP contribution in [-0.2, 0) is 11.3 Å². The molecule has 0 saturated carbocycles. The summed E-state index contributed by atoms with van der Waals surface area (Å²) in [6, 6.07) is 4.26. The molecule has 0 amide bonds. The summed E-state index contributed by atoms with van der Waals surface area (Å²) in [5.41, 5.74) is 0.683. The van der Waals surface area contributed by atoms with Gasteiger partial charge in [-0.15, -0.1) is 0 Å². The van der Waals surface area contributed by atoms with Gasteiger partial charge in [0.15, 0.2) is 0 Å². The molecule has 2 nitrogen and oxygen atoms in total. The fourth-order valence-electron chi connectivity index (χ4n) is 1.01. The third-order valence-corrected chi connectivity index (χ3v) is 2.13. The van der Waals surface area contributed by atoms with Crippen molar-refractivity contribution in [3.8, 4) is 0 Å². The minimum atomic E-state index is -0.290. The Morgan fingerprint density at radius 2 is 2.29 bits per heavy atom. The van der Waals surface area contributed by atoms with Crippen molar-refractivity contribution in [1.82, 2.24) is 5.32 Å². The van der Waals surface area contributed by atoms with Crippen LogP contribution in [-0.4, -0.2) is 20.2 Å². The van der Waals surface area contributed by atoms with Crippen molar-refractivity contribution < 1.29 is 9.13 Å². The van der Waals surface area contributed by atoms with Crippen LogP contribution in [0.4, 0.5) is 4.39 Å². The number of benzene rings is 1. The maximum atomic E-state index is 12.8. The number of hydrogen-bond acceptors (Lipinski definition) is 2. The van der Waals surface area contributed by atoms with E-state index in [2.05, 4.69) is 5.32 Å². The van der Waals surface area contributed by atoms with Crippen LogP contribution in [0.2, 0.25) is 5.02 Å². The second kappa shape index (κ2) is 5.96. The fourth-order valence-corrected chi connectivity index (χ4v) is 1.18. The van der Waals surface area contributed by atoms with E-state index in [0.29, 0.717) is 23.8 Å². The zero-order valence-electron chi connectivity index (χ0n) is 8.02. The molecule has 14 heavy (non-hydrogen) atoms. The quantitative estimate of drug-likeness (QED) is 0.764. The molecule has 0 spiro atoms. The molecule has 0 unspecified atom stereocenters. The Labute approximate surface area is 88.0 Å². The molecule has 1 aromatic carbocycles. The summed E-state index contributed by atoms with van der Waals surface area (Å²) in [6.07, 6.45) is 0. The summed E-state index contributed by atoms with van der Waals surface area (Å²) in [4.78, 5) is 0. The van der Waals surface area contributed by atoms with E-state index in [1.807, 2.05) is 7.05 Å². The van der Waals surface area contributed by atoms with Crippen LogP contribution in [0.1, 0.15) is 5.56 Å². The van der Waals surface area contributed by atoms with Crippen LogP contribution >= 0.6 is 11.6 Å². The molecule has 1 aromatic rings. The van der Waals surface area contributed by atoms with Crippen molar-refractivity contribution in [1.29, 1.82) is 0 Å². The first-order chi connectivity index (χ1) is 6.74. The van der Waals surface area contributed by atoms with Crippen LogP contribution in [0.15, 0.2) is 18.2 Å². The Bertz CT molecular complexity index is 293. The van der Waals surface area contributed by atoms with Crippen LogP contribution < -0.4 is 5.32 Å². The Balaban J connectivity index is 2.45. The number of halogens is 2. The predicted octanol–water partition coefficient (Wildman–Crippen LogP) is 2.22. The van der Waals surface area contributed by atoms with Gasteiger partial charge in [-0.3, -0.25) is 0 Å². The summed E-state index contributed by atoms with van der Waals surface area (Å²) >= 11 is 5.85. The Hall–Kier alpha value is -0.640. The number of likely N-dealkylation sites (N-methyl/N-ethyl adjacent to an activating group) is 1. The van der Waals surface area contributed by atoms with Gasteiger partial charge in [0.1, 0.15) is 5.82 Å². The van der Waals surface area contributed by atoms with Crippen molar-refractivity contribution in [2.45, 2.75) is 6.61 Å². The Morgan fingerprint density at radius 3 is 3.00 bits per heavy atom. The average Bonchev–Trinajstić information content (AvgIpc) is 2.18. The molecule has 0 aromatic heterocycles. The molecule has 1 N–H and O–H groups in total. The second-order valence-electron chi connectivity index (χ2n) is 2.89. The van der Waals surface area contributed by atoms with Gasteiger partial charge in [0.2, 0.25) is 0 Å². The van der Waals surface area contributed by atoms with Gasteiger partial charge in [0.25, 0.3) is 0 Å². The average molecular weight is 218 g/mol.